The Kier molecular flexibility index (Phi) is 4.77. The van der Waals surface area contributed by atoms with Crippen molar-refractivity contribution >= 4 is 17.5 Å². The topological polar surface area (TPSA) is 60.4 Å². The van der Waals surface area contributed by atoms with Gasteiger partial charge in [-0.15, -0.1) is 0 Å². The molecule has 1 rings (SSSR count). The quantitative estimate of drug-likeness (QED) is 0.455. The number of esters is 1. The summed E-state index contributed by atoms with van der Waals surface area (Å²) in [5.41, 5.74) is 1.09. The smallest absolute Gasteiger partial charge is 0.320 e. The van der Waals surface area contributed by atoms with E-state index in [1.54, 1.807) is 31.2 Å². The van der Waals surface area contributed by atoms with Crippen molar-refractivity contribution in [2.45, 2.75) is 26.7 Å². The standard InChI is InChI=1S/C14H16O4/c1-4-18-14(17)13(10(3)16)12-7-5-11(6-8-12)9(2)15/h5-8,13H,4H2,1-3H3. The Bertz CT molecular complexity index is 459. The Morgan fingerprint density at radius 3 is 2.06 bits per heavy atom. The highest BCUT2D eigenvalue weighted by Crippen LogP contribution is 2.19. The zero-order chi connectivity index (χ0) is 13.7. The molecule has 0 saturated heterocycles. The summed E-state index contributed by atoms with van der Waals surface area (Å²) in [7, 11) is 0. The summed E-state index contributed by atoms with van der Waals surface area (Å²) >= 11 is 0. The van der Waals surface area contributed by atoms with E-state index in [1.165, 1.54) is 13.8 Å². The normalized spacial score (nSPS) is 11.7. The van der Waals surface area contributed by atoms with E-state index in [0.29, 0.717) is 11.1 Å². The molecule has 18 heavy (non-hydrogen) atoms. The minimum atomic E-state index is -0.911. The predicted molar refractivity (Wildman–Crippen MR) is 66.5 cm³/mol. The maximum Gasteiger partial charge on any atom is 0.320 e. The van der Waals surface area contributed by atoms with Crippen molar-refractivity contribution in [1.29, 1.82) is 0 Å². The Balaban J connectivity index is 3.03. The number of hydrogen-bond acceptors (Lipinski definition) is 4. The van der Waals surface area contributed by atoms with E-state index >= 15 is 0 Å². The van der Waals surface area contributed by atoms with Gasteiger partial charge in [0.25, 0.3) is 0 Å². The molecule has 4 nitrogen and oxygen atoms in total. The van der Waals surface area contributed by atoms with E-state index in [-0.39, 0.29) is 18.2 Å². The van der Waals surface area contributed by atoms with Crippen LogP contribution in [0.3, 0.4) is 0 Å². The van der Waals surface area contributed by atoms with Gasteiger partial charge in [-0.05, 0) is 26.3 Å². The molecule has 0 heterocycles. The predicted octanol–water partition coefficient (Wildman–Crippen LogP) is 2.12. The molecule has 0 spiro atoms. The van der Waals surface area contributed by atoms with Crippen molar-refractivity contribution in [3.63, 3.8) is 0 Å². The Labute approximate surface area is 106 Å². The van der Waals surface area contributed by atoms with E-state index in [9.17, 15) is 14.4 Å². The zero-order valence-corrected chi connectivity index (χ0v) is 10.7. The fourth-order valence-electron chi connectivity index (χ4n) is 1.67. The monoisotopic (exact) mass is 248 g/mol. The van der Waals surface area contributed by atoms with Crippen molar-refractivity contribution in [1.82, 2.24) is 0 Å². The van der Waals surface area contributed by atoms with Crippen LogP contribution >= 0.6 is 0 Å². The van der Waals surface area contributed by atoms with E-state index in [1.807, 2.05) is 0 Å². The molecule has 0 aliphatic rings. The molecular formula is C14H16O4. The molecule has 0 N–H and O–H groups in total. The maximum absolute atomic E-state index is 11.7. The molecule has 1 atom stereocenters. The maximum atomic E-state index is 11.7. The number of ketones is 2. The van der Waals surface area contributed by atoms with Gasteiger partial charge >= 0.3 is 5.97 Å². The lowest BCUT2D eigenvalue weighted by atomic mass is 9.94. The molecule has 0 radical (unpaired) electrons. The molecular weight excluding hydrogens is 232 g/mol. The van der Waals surface area contributed by atoms with Gasteiger partial charge in [0.1, 0.15) is 11.7 Å². The van der Waals surface area contributed by atoms with Crippen LogP contribution < -0.4 is 0 Å². The number of hydrogen-bond donors (Lipinski definition) is 0. The van der Waals surface area contributed by atoms with Gasteiger partial charge in [-0.3, -0.25) is 14.4 Å². The lowest BCUT2D eigenvalue weighted by Crippen LogP contribution is -2.22. The first-order valence-corrected chi connectivity index (χ1v) is 5.75. The van der Waals surface area contributed by atoms with Gasteiger partial charge in [-0.2, -0.15) is 0 Å². The van der Waals surface area contributed by atoms with Gasteiger partial charge in [0.2, 0.25) is 0 Å². The molecule has 4 heteroatoms. The van der Waals surface area contributed by atoms with Gasteiger partial charge in [0, 0.05) is 5.56 Å². The summed E-state index contributed by atoms with van der Waals surface area (Å²) in [4.78, 5) is 34.3. The average molecular weight is 248 g/mol. The third-order valence-corrected chi connectivity index (χ3v) is 2.58. The molecule has 0 bridgehead atoms. The molecule has 96 valence electrons. The Morgan fingerprint density at radius 2 is 1.67 bits per heavy atom. The highest BCUT2D eigenvalue weighted by atomic mass is 16.5. The van der Waals surface area contributed by atoms with Gasteiger partial charge in [0.15, 0.2) is 5.78 Å². The summed E-state index contributed by atoms with van der Waals surface area (Å²) < 4.78 is 4.87. The Hall–Kier alpha value is -1.97. The first kappa shape index (κ1) is 14.1. The lowest BCUT2D eigenvalue weighted by Gasteiger charge is -2.13. The SMILES string of the molecule is CCOC(=O)C(C(C)=O)c1ccc(C(C)=O)cc1. The number of carbonyl (C=O) groups excluding carboxylic acids is 3. The molecule has 0 amide bonds. The summed E-state index contributed by atoms with van der Waals surface area (Å²) in [6.45, 7) is 4.73. The van der Waals surface area contributed by atoms with Crippen LogP contribution in [0, 0.1) is 0 Å². The molecule has 0 saturated carbocycles. The van der Waals surface area contributed by atoms with Gasteiger partial charge in [-0.1, -0.05) is 24.3 Å². The van der Waals surface area contributed by atoms with Crippen molar-refractivity contribution in [2.75, 3.05) is 6.61 Å². The summed E-state index contributed by atoms with van der Waals surface area (Å²) in [6.07, 6.45) is 0. The number of rotatable bonds is 5. The van der Waals surface area contributed by atoms with Crippen molar-refractivity contribution in [3.05, 3.63) is 35.4 Å². The Morgan fingerprint density at radius 1 is 1.11 bits per heavy atom. The summed E-state index contributed by atoms with van der Waals surface area (Å²) in [5, 5.41) is 0. The van der Waals surface area contributed by atoms with E-state index in [0.717, 1.165) is 0 Å². The number of carbonyl (C=O) groups is 3. The second-order valence-electron chi connectivity index (χ2n) is 3.97. The zero-order valence-electron chi connectivity index (χ0n) is 10.7. The summed E-state index contributed by atoms with van der Waals surface area (Å²) in [6, 6.07) is 6.43. The largest absolute Gasteiger partial charge is 0.465 e. The highest BCUT2D eigenvalue weighted by Gasteiger charge is 2.26. The molecule has 0 aliphatic carbocycles. The number of Topliss-reactive ketones (excluding diaryl/α,β-unsaturated/α-hetero) is 2. The molecule has 1 aromatic rings. The number of benzene rings is 1. The lowest BCUT2D eigenvalue weighted by molar-refractivity contribution is -0.147. The van der Waals surface area contributed by atoms with Crippen LogP contribution in [0.1, 0.15) is 42.6 Å². The van der Waals surface area contributed by atoms with Crippen molar-refractivity contribution < 1.29 is 19.1 Å². The first-order valence-electron chi connectivity index (χ1n) is 5.75. The van der Waals surface area contributed by atoms with Crippen LogP contribution in [-0.4, -0.2) is 24.1 Å². The number of ether oxygens (including phenoxy) is 1. The van der Waals surface area contributed by atoms with Crippen LogP contribution in [0.2, 0.25) is 0 Å². The second-order valence-corrected chi connectivity index (χ2v) is 3.97. The van der Waals surface area contributed by atoms with Crippen LogP contribution in [0.15, 0.2) is 24.3 Å². The third-order valence-electron chi connectivity index (χ3n) is 2.58. The third kappa shape index (κ3) is 3.26. The fourth-order valence-corrected chi connectivity index (χ4v) is 1.67. The van der Waals surface area contributed by atoms with E-state index in [2.05, 4.69) is 0 Å². The highest BCUT2D eigenvalue weighted by molar-refractivity contribution is 6.03. The van der Waals surface area contributed by atoms with Gasteiger partial charge in [0.05, 0.1) is 6.61 Å². The van der Waals surface area contributed by atoms with Crippen molar-refractivity contribution in [2.24, 2.45) is 0 Å². The van der Waals surface area contributed by atoms with Gasteiger partial charge < -0.3 is 4.74 Å². The average Bonchev–Trinajstić information content (AvgIpc) is 2.29. The molecule has 1 unspecified atom stereocenters. The minimum absolute atomic E-state index is 0.0583. The van der Waals surface area contributed by atoms with E-state index < -0.39 is 11.9 Å². The molecule has 0 aliphatic heterocycles. The molecule has 1 aromatic carbocycles. The van der Waals surface area contributed by atoms with Crippen LogP contribution in [0.4, 0.5) is 0 Å². The first-order chi connectivity index (χ1) is 8.47. The van der Waals surface area contributed by atoms with Crippen LogP contribution in [0.25, 0.3) is 0 Å². The molecule has 0 fully saturated rings. The fraction of sp³-hybridized carbons (Fsp3) is 0.357. The van der Waals surface area contributed by atoms with Crippen LogP contribution in [0.5, 0.6) is 0 Å². The van der Waals surface area contributed by atoms with Crippen molar-refractivity contribution in [3.8, 4) is 0 Å². The van der Waals surface area contributed by atoms with E-state index in [4.69, 9.17) is 4.74 Å². The van der Waals surface area contributed by atoms with Gasteiger partial charge in [-0.25, -0.2) is 0 Å². The minimum Gasteiger partial charge on any atom is -0.465 e. The second kappa shape index (κ2) is 6.10. The van der Waals surface area contributed by atoms with Crippen LogP contribution in [-0.2, 0) is 14.3 Å². The molecule has 0 aromatic heterocycles. The summed E-state index contributed by atoms with van der Waals surface area (Å²) in [5.74, 6) is -1.80.